The molecule has 1 aliphatic heterocycles. The molecule has 0 radical (unpaired) electrons. The lowest BCUT2D eigenvalue weighted by molar-refractivity contribution is 0.430. The average molecular weight is 372 g/mol. The van der Waals surface area contributed by atoms with Gasteiger partial charge in [0.25, 0.3) is 0 Å². The first-order valence-electron chi connectivity index (χ1n) is 5.38. The number of sulfone groups is 1. The van der Waals surface area contributed by atoms with Crippen molar-refractivity contribution in [2.45, 2.75) is 4.90 Å². The monoisotopic (exact) mass is 371 g/mol. The van der Waals surface area contributed by atoms with E-state index < -0.39 is 25.7 Å². The van der Waals surface area contributed by atoms with Crippen LogP contribution in [0.3, 0.4) is 0 Å². The summed E-state index contributed by atoms with van der Waals surface area (Å²) in [5, 5.41) is 0. The molecular weight excluding hydrogens is 361 g/mol. The molecule has 1 saturated heterocycles. The molecule has 1 heterocycles. The van der Waals surface area contributed by atoms with Crippen molar-refractivity contribution < 1.29 is 21.2 Å². The summed E-state index contributed by atoms with van der Waals surface area (Å²) in [6.07, 6.45) is 0. The summed E-state index contributed by atoms with van der Waals surface area (Å²) in [6.45, 7) is -0.150. The molecule has 106 valence electrons. The highest BCUT2D eigenvalue weighted by atomic mass is 79.9. The lowest BCUT2D eigenvalue weighted by Gasteiger charge is -2.26. The number of hydrogen-bond donors (Lipinski definition) is 0. The molecule has 0 bridgehead atoms. The normalized spacial score (nSPS) is 20.3. The fourth-order valence-electron chi connectivity index (χ4n) is 1.76. The van der Waals surface area contributed by atoms with E-state index in [4.69, 9.17) is 0 Å². The molecule has 5 nitrogen and oxygen atoms in total. The third kappa shape index (κ3) is 3.15. The fraction of sp³-hybridized carbons (Fsp3) is 0.400. The van der Waals surface area contributed by atoms with Crippen LogP contribution >= 0.6 is 15.9 Å². The summed E-state index contributed by atoms with van der Waals surface area (Å²) in [5.74, 6) is -0.928. The van der Waals surface area contributed by atoms with Crippen molar-refractivity contribution in [2.24, 2.45) is 0 Å². The minimum Gasteiger partial charge on any atom is -0.229 e. The van der Waals surface area contributed by atoms with Crippen molar-refractivity contribution in [3.05, 3.63) is 28.5 Å². The fourth-order valence-corrected chi connectivity index (χ4v) is 5.64. The molecule has 0 unspecified atom stereocenters. The van der Waals surface area contributed by atoms with Gasteiger partial charge in [-0.1, -0.05) is 0 Å². The van der Waals surface area contributed by atoms with E-state index in [0.29, 0.717) is 0 Å². The smallest absolute Gasteiger partial charge is 0.229 e. The Kier molecular flexibility index (Phi) is 4.01. The summed E-state index contributed by atoms with van der Waals surface area (Å²) in [7, 11) is -6.96. The van der Waals surface area contributed by atoms with Crippen LogP contribution in [0, 0.1) is 5.82 Å². The van der Waals surface area contributed by atoms with Crippen LogP contribution < -0.4 is 0 Å². The van der Waals surface area contributed by atoms with Crippen LogP contribution in [0.25, 0.3) is 0 Å². The van der Waals surface area contributed by atoms with E-state index in [1.54, 1.807) is 0 Å². The molecule has 1 aliphatic rings. The molecule has 19 heavy (non-hydrogen) atoms. The van der Waals surface area contributed by atoms with Gasteiger partial charge in [-0.05, 0) is 34.1 Å². The van der Waals surface area contributed by atoms with Gasteiger partial charge < -0.3 is 0 Å². The van der Waals surface area contributed by atoms with Crippen LogP contribution in [0.2, 0.25) is 0 Å². The van der Waals surface area contributed by atoms with Crippen molar-refractivity contribution in [2.75, 3.05) is 24.6 Å². The van der Waals surface area contributed by atoms with Crippen molar-refractivity contribution in [1.82, 2.24) is 4.31 Å². The Morgan fingerprint density at radius 3 is 2.32 bits per heavy atom. The standard InChI is InChI=1S/C10H11BrFNO4S2/c11-9-7-8(12)1-2-10(9)19(16,17)13-3-5-18(14,15)6-4-13/h1-2,7H,3-6H2. The molecule has 1 aromatic carbocycles. The van der Waals surface area contributed by atoms with Gasteiger partial charge in [-0.25, -0.2) is 21.2 Å². The van der Waals surface area contributed by atoms with Gasteiger partial charge in [0.05, 0.1) is 16.4 Å². The van der Waals surface area contributed by atoms with E-state index in [2.05, 4.69) is 15.9 Å². The summed E-state index contributed by atoms with van der Waals surface area (Å²) < 4.78 is 61.4. The molecule has 0 N–H and O–H groups in total. The Bertz CT molecular complexity index is 688. The topological polar surface area (TPSA) is 71.5 Å². The Hall–Kier alpha value is -0.510. The van der Waals surface area contributed by atoms with E-state index in [1.165, 1.54) is 0 Å². The maximum atomic E-state index is 13.0. The predicted octanol–water partition coefficient (Wildman–Crippen LogP) is 1.01. The second kappa shape index (κ2) is 5.12. The first-order chi connectivity index (χ1) is 8.72. The molecule has 0 atom stereocenters. The third-order valence-corrected chi connectivity index (χ3v) is 7.30. The van der Waals surface area contributed by atoms with Gasteiger partial charge >= 0.3 is 0 Å². The van der Waals surface area contributed by atoms with Crippen LogP contribution in [-0.2, 0) is 19.9 Å². The SMILES string of the molecule is O=S1(=O)CCN(S(=O)(=O)c2ccc(F)cc2Br)CC1. The van der Waals surface area contributed by atoms with E-state index >= 15 is 0 Å². The lowest BCUT2D eigenvalue weighted by atomic mass is 10.3. The first-order valence-corrected chi connectivity index (χ1v) is 9.43. The summed E-state index contributed by atoms with van der Waals surface area (Å²) in [4.78, 5) is -0.0619. The molecule has 0 aromatic heterocycles. The van der Waals surface area contributed by atoms with E-state index in [-0.39, 0.29) is 34.0 Å². The molecule has 1 aromatic rings. The predicted molar refractivity (Wildman–Crippen MR) is 71.5 cm³/mol. The van der Waals surface area contributed by atoms with E-state index in [9.17, 15) is 21.2 Å². The zero-order valence-corrected chi connectivity index (χ0v) is 12.9. The maximum absolute atomic E-state index is 13.0. The summed E-state index contributed by atoms with van der Waals surface area (Å²) >= 11 is 3.01. The van der Waals surface area contributed by atoms with Gasteiger partial charge in [0.15, 0.2) is 9.84 Å². The van der Waals surface area contributed by atoms with Crippen molar-refractivity contribution in [3.8, 4) is 0 Å². The minimum absolute atomic E-state index is 0.0619. The van der Waals surface area contributed by atoms with Crippen molar-refractivity contribution in [1.29, 1.82) is 0 Å². The molecule has 0 spiro atoms. The number of rotatable bonds is 2. The third-order valence-electron chi connectivity index (χ3n) is 2.82. The number of halogens is 2. The van der Waals surface area contributed by atoms with Crippen LogP contribution in [0.1, 0.15) is 0 Å². The molecular formula is C10H11BrFNO4S2. The Labute approximate surface area is 119 Å². The quantitative estimate of drug-likeness (QED) is 0.777. The van der Waals surface area contributed by atoms with E-state index in [0.717, 1.165) is 22.5 Å². The van der Waals surface area contributed by atoms with Gasteiger partial charge in [0.1, 0.15) is 5.82 Å². The largest absolute Gasteiger partial charge is 0.244 e. The lowest BCUT2D eigenvalue weighted by Crippen LogP contribution is -2.43. The number of benzene rings is 1. The van der Waals surface area contributed by atoms with E-state index in [1.807, 2.05) is 0 Å². The Morgan fingerprint density at radius 1 is 1.21 bits per heavy atom. The van der Waals surface area contributed by atoms with Crippen LogP contribution in [0.4, 0.5) is 4.39 Å². The first kappa shape index (κ1) is 14.9. The van der Waals surface area contributed by atoms with Crippen LogP contribution in [0.15, 0.2) is 27.6 Å². The van der Waals surface area contributed by atoms with Crippen LogP contribution in [0.5, 0.6) is 0 Å². The number of sulfonamides is 1. The van der Waals surface area contributed by atoms with Gasteiger partial charge in [-0.2, -0.15) is 4.31 Å². The molecule has 0 amide bonds. The minimum atomic E-state index is -3.80. The van der Waals surface area contributed by atoms with Gasteiger partial charge in [-0.3, -0.25) is 0 Å². The zero-order valence-electron chi connectivity index (χ0n) is 9.71. The van der Waals surface area contributed by atoms with Gasteiger partial charge in [-0.15, -0.1) is 0 Å². The van der Waals surface area contributed by atoms with Crippen LogP contribution in [-0.4, -0.2) is 45.7 Å². The second-order valence-corrected chi connectivity index (χ2v) is 9.19. The molecule has 9 heteroatoms. The molecule has 0 saturated carbocycles. The van der Waals surface area contributed by atoms with Gasteiger partial charge in [0, 0.05) is 17.6 Å². The molecule has 2 rings (SSSR count). The Morgan fingerprint density at radius 2 is 1.79 bits per heavy atom. The summed E-state index contributed by atoms with van der Waals surface area (Å²) in [6, 6.07) is 3.28. The highest BCUT2D eigenvalue weighted by Crippen LogP contribution is 2.26. The number of nitrogens with zero attached hydrogens (tertiary/aromatic N) is 1. The summed E-state index contributed by atoms with van der Waals surface area (Å²) in [5.41, 5.74) is 0. The average Bonchev–Trinajstić information content (AvgIpc) is 2.27. The number of hydrogen-bond acceptors (Lipinski definition) is 4. The molecule has 0 aliphatic carbocycles. The highest BCUT2D eigenvalue weighted by molar-refractivity contribution is 9.10. The van der Waals surface area contributed by atoms with Crippen molar-refractivity contribution in [3.63, 3.8) is 0 Å². The Balaban J connectivity index is 2.33. The molecule has 1 fully saturated rings. The zero-order chi connectivity index (χ0) is 14.3. The second-order valence-electron chi connectivity index (χ2n) is 4.13. The van der Waals surface area contributed by atoms with Crippen molar-refractivity contribution >= 4 is 35.8 Å². The van der Waals surface area contributed by atoms with Gasteiger partial charge in [0.2, 0.25) is 10.0 Å². The maximum Gasteiger partial charge on any atom is 0.244 e. The highest BCUT2D eigenvalue weighted by Gasteiger charge is 2.32.